The average molecular weight is 309 g/mol. The maximum absolute atomic E-state index is 3.80. The molecule has 1 aliphatic rings. The van der Waals surface area contributed by atoms with Crippen molar-refractivity contribution in [1.29, 1.82) is 0 Å². The number of hydrogen-bond donors (Lipinski definition) is 1. The summed E-state index contributed by atoms with van der Waals surface area (Å²) < 4.78 is 0. The summed E-state index contributed by atoms with van der Waals surface area (Å²) in [6.45, 7) is 15.1. The lowest BCUT2D eigenvalue weighted by molar-refractivity contribution is 0.0760. The summed E-state index contributed by atoms with van der Waals surface area (Å²) in [5.41, 5.74) is 1.54. The van der Waals surface area contributed by atoms with Crippen LogP contribution in [0.25, 0.3) is 0 Å². The summed E-state index contributed by atoms with van der Waals surface area (Å²) in [6, 6.07) is 3.62. The van der Waals surface area contributed by atoms with Gasteiger partial charge in [-0.05, 0) is 35.3 Å². The van der Waals surface area contributed by atoms with Crippen molar-refractivity contribution in [2.24, 2.45) is 11.8 Å². The maximum Gasteiger partial charge on any atom is 0.0334 e. The van der Waals surface area contributed by atoms with Crippen LogP contribution in [0.5, 0.6) is 0 Å². The normalized spacial score (nSPS) is 25.4. The molecule has 0 amide bonds. The zero-order valence-electron chi connectivity index (χ0n) is 14.4. The van der Waals surface area contributed by atoms with Crippen molar-refractivity contribution in [1.82, 2.24) is 10.2 Å². The van der Waals surface area contributed by atoms with Crippen molar-refractivity contribution in [3.8, 4) is 0 Å². The van der Waals surface area contributed by atoms with Gasteiger partial charge in [-0.3, -0.25) is 4.90 Å². The number of hydrogen-bond acceptors (Lipinski definition) is 3. The van der Waals surface area contributed by atoms with E-state index in [0.29, 0.717) is 18.0 Å². The predicted octanol–water partition coefficient (Wildman–Crippen LogP) is 4.16. The Hall–Kier alpha value is -0.380. The van der Waals surface area contributed by atoms with E-state index in [0.717, 1.165) is 25.4 Å². The van der Waals surface area contributed by atoms with Crippen LogP contribution < -0.4 is 5.32 Å². The fraction of sp³-hybridized carbons (Fsp3) is 0.778. The zero-order valence-corrected chi connectivity index (χ0v) is 15.2. The second kappa shape index (κ2) is 7.75. The summed E-state index contributed by atoms with van der Waals surface area (Å²) in [7, 11) is 0. The largest absolute Gasteiger partial charge is 0.311 e. The number of piperazine rings is 1. The molecule has 2 nitrogen and oxygen atoms in total. The van der Waals surface area contributed by atoms with Crippen LogP contribution in [0.15, 0.2) is 11.4 Å². The summed E-state index contributed by atoms with van der Waals surface area (Å²) in [6.07, 6.45) is 2.42. The highest BCUT2D eigenvalue weighted by Crippen LogP contribution is 2.25. The topological polar surface area (TPSA) is 15.3 Å². The van der Waals surface area contributed by atoms with Crippen LogP contribution in [-0.2, 0) is 13.0 Å². The Balaban J connectivity index is 2.10. The Morgan fingerprint density at radius 3 is 2.71 bits per heavy atom. The van der Waals surface area contributed by atoms with Crippen LogP contribution in [0, 0.1) is 11.8 Å². The SMILES string of the molecule is CCc1ccsc1CN1CC(C(C)CC)NCC1C(C)C. The second-order valence-electron chi connectivity index (χ2n) is 6.86. The lowest BCUT2D eigenvalue weighted by Crippen LogP contribution is -2.59. The van der Waals surface area contributed by atoms with Crippen molar-refractivity contribution in [2.45, 2.75) is 66.1 Å². The fourth-order valence-corrected chi connectivity index (χ4v) is 4.36. The molecule has 0 radical (unpaired) electrons. The molecule has 1 aliphatic heterocycles. The molecule has 21 heavy (non-hydrogen) atoms. The van der Waals surface area contributed by atoms with Gasteiger partial charge in [-0.1, -0.05) is 41.0 Å². The first-order valence-corrected chi connectivity index (χ1v) is 9.47. The number of nitrogens with one attached hydrogen (secondary N) is 1. The van der Waals surface area contributed by atoms with Crippen molar-refractivity contribution in [2.75, 3.05) is 13.1 Å². The van der Waals surface area contributed by atoms with Gasteiger partial charge in [-0.2, -0.15) is 0 Å². The Kier molecular flexibility index (Phi) is 6.27. The van der Waals surface area contributed by atoms with E-state index in [2.05, 4.69) is 56.3 Å². The number of thiophene rings is 1. The lowest BCUT2D eigenvalue weighted by atomic mass is 9.92. The first-order chi connectivity index (χ1) is 10.1. The van der Waals surface area contributed by atoms with Gasteiger partial charge in [0, 0.05) is 36.6 Å². The van der Waals surface area contributed by atoms with E-state index < -0.39 is 0 Å². The van der Waals surface area contributed by atoms with E-state index in [-0.39, 0.29) is 0 Å². The Morgan fingerprint density at radius 2 is 2.10 bits per heavy atom. The summed E-state index contributed by atoms with van der Waals surface area (Å²) in [4.78, 5) is 4.32. The van der Waals surface area contributed by atoms with Crippen LogP contribution in [0.3, 0.4) is 0 Å². The molecular weight excluding hydrogens is 276 g/mol. The predicted molar refractivity (Wildman–Crippen MR) is 94.0 cm³/mol. The number of aryl methyl sites for hydroxylation is 1. The number of nitrogens with zero attached hydrogens (tertiary/aromatic N) is 1. The van der Waals surface area contributed by atoms with Crippen molar-refractivity contribution in [3.63, 3.8) is 0 Å². The van der Waals surface area contributed by atoms with Gasteiger partial charge in [-0.25, -0.2) is 0 Å². The van der Waals surface area contributed by atoms with Crippen LogP contribution in [-0.4, -0.2) is 30.1 Å². The van der Waals surface area contributed by atoms with Gasteiger partial charge in [0.1, 0.15) is 0 Å². The Morgan fingerprint density at radius 1 is 1.33 bits per heavy atom. The van der Waals surface area contributed by atoms with Gasteiger partial charge < -0.3 is 5.32 Å². The minimum atomic E-state index is 0.648. The van der Waals surface area contributed by atoms with Gasteiger partial charge >= 0.3 is 0 Å². The molecule has 0 saturated carbocycles. The van der Waals surface area contributed by atoms with Crippen LogP contribution in [0.1, 0.15) is 51.5 Å². The molecule has 3 atom stereocenters. The highest BCUT2D eigenvalue weighted by atomic mass is 32.1. The Bertz CT molecular complexity index is 427. The molecule has 120 valence electrons. The average Bonchev–Trinajstić information content (AvgIpc) is 2.93. The van der Waals surface area contributed by atoms with E-state index in [1.807, 2.05) is 11.3 Å². The molecule has 1 saturated heterocycles. The molecule has 0 aromatic carbocycles. The van der Waals surface area contributed by atoms with Gasteiger partial charge in [-0.15, -0.1) is 11.3 Å². The van der Waals surface area contributed by atoms with E-state index in [9.17, 15) is 0 Å². The fourth-order valence-electron chi connectivity index (χ4n) is 3.36. The third-order valence-electron chi connectivity index (χ3n) is 5.16. The van der Waals surface area contributed by atoms with E-state index in [4.69, 9.17) is 0 Å². The van der Waals surface area contributed by atoms with Crippen molar-refractivity contribution in [3.05, 3.63) is 21.9 Å². The molecule has 1 fully saturated rings. The van der Waals surface area contributed by atoms with Crippen LogP contribution in [0.4, 0.5) is 0 Å². The van der Waals surface area contributed by atoms with Crippen LogP contribution >= 0.6 is 11.3 Å². The van der Waals surface area contributed by atoms with Gasteiger partial charge in [0.05, 0.1) is 0 Å². The molecule has 2 rings (SSSR count). The van der Waals surface area contributed by atoms with E-state index in [1.165, 1.54) is 13.0 Å². The molecule has 2 heterocycles. The second-order valence-corrected chi connectivity index (χ2v) is 7.86. The molecule has 0 aliphatic carbocycles. The standard InChI is InChI=1S/C18H32N2S/c1-6-14(5)16-11-20(17(10-19-16)13(3)4)12-18-15(7-2)8-9-21-18/h8-9,13-14,16-17,19H,6-7,10-12H2,1-5H3. The monoisotopic (exact) mass is 308 g/mol. The molecule has 3 heteroatoms. The van der Waals surface area contributed by atoms with Gasteiger partial charge in [0.15, 0.2) is 0 Å². The molecule has 0 bridgehead atoms. The van der Waals surface area contributed by atoms with Gasteiger partial charge in [0.25, 0.3) is 0 Å². The highest BCUT2D eigenvalue weighted by molar-refractivity contribution is 7.10. The van der Waals surface area contributed by atoms with Crippen molar-refractivity contribution >= 4 is 11.3 Å². The van der Waals surface area contributed by atoms with Crippen LogP contribution in [0.2, 0.25) is 0 Å². The third kappa shape index (κ3) is 4.08. The van der Waals surface area contributed by atoms with Crippen molar-refractivity contribution < 1.29 is 0 Å². The first kappa shape index (κ1) is 17.0. The molecule has 1 aromatic heterocycles. The minimum Gasteiger partial charge on any atom is -0.311 e. The summed E-state index contributed by atoms with van der Waals surface area (Å²) in [5.74, 6) is 1.47. The number of rotatable bonds is 6. The molecule has 3 unspecified atom stereocenters. The smallest absolute Gasteiger partial charge is 0.0334 e. The lowest BCUT2D eigenvalue weighted by Gasteiger charge is -2.44. The molecule has 1 N–H and O–H groups in total. The first-order valence-electron chi connectivity index (χ1n) is 8.59. The molecule has 0 spiro atoms. The maximum atomic E-state index is 3.80. The Labute approximate surface area is 134 Å². The molecular formula is C18H32N2S. The van der Waals surface area contributed by atoms with E-state index >= 15 is 0 Å². The minimum absolute atomic E-state index is 0.648. The van der Waals surface area contributed by atoms with E-state index in [1.54, 1.807) is 10.4 Å². The zero-order chi connectivity index (χ0) is 15.4. The summed E-state index contributed by atoms with van der Waals surface area (Å²) in [5, 5.41) is 6.06. The highest BCUT2D eigenvalue weighted by Gasteiger charge is 2.32. The third-order valence-corrected chi connectivity index (χ3v) is 6.10. The quantitative estimate of drug-likeness (QED) is 0.849. The molecule has 1 aromatic rings. The van der Waals surface area contributed by atoms with Gasteiger partial charge in [0.2, 0.25) is 0 Å². The summed E-state index contributed by atoms with van der Waals surface area (Å²) >= 11 is 1.93.